The molecule has 5 nitrogen and oxygen atoms in total. The number of nitrogens with zero attached hydrogens (tertiary/aromatic N) is 2. The third-order valence-corrected chi connectivity index (χ3v) is 7.59. The van der Waals surface area contributed by atoms with E-state index in [1.54, 1.807) is 0 Å². The van der Waals surface area contributed by atoms with Gasteiger partial charge in [0.25, 0.3) is 5.56 Å². The molecule has 1 aliphatic rings. The highest BCUT2D eigenvalue weighted by Gasteiger charge is 2.28. The van der Waals surface area contributed by atoms with Crippen LogP contribution in [0.1, 0.15) is 33.0 Å². The number of carbonyl (C=O) groups excluding carboxylic acids is 1. The van der Waals surface area contributed by atoms with E-state index in [0.717, 1.165) is 29.0 Å². The summed E-state index contributed by atoms with van der Waals surface area (Å²) in [7, 11) is 0. The van der Waals surface area contributed by atoms with E-state index in [9.17, 15) is 9.59 Å². The van der Waals surface area contributed by atoms with Gasteiger partial charge in [-0.3, -0.25) is 9.59 Å². The second-order valence-electron chi connectivity index (χ2n) is 8.35. The molecule has 158 valence electrons. The zero-order valence-electron chi connectivity index (χ0n) is 17.6. The summed E-state index contributed by atoms with van der Waals surface area (Å²) < 4.78 is 0. The molecule has 1 aromatic carbocycles. The third-order valence-electron chi connectivity index (χ3n) is 5.58. The molecule has 1 N–H and O–H groups in total. The molecule has 0 aliphatic carbocycles. The van der Waals surface area contributed by atoms with Crippen molar-refractivity contribution >= 4 is 39.2 Å². The number of likely N-dealkylation sites (tertiary alicyclic amines) is 1. The smallest absolute Gasteiger partial charge is 0.260 e. The van der Waals surface area contributed by atoms with E-state index >= 15 is 0 Å². The molecule has 3 unspecified atom stereocenters. The number of rotatable bonds is 5. The van der Waals surface area contributed by atoms with Crippen LogP contribution < -0.4 is 5.56 Å². The minimum atomic E-state index is -0.160. The number of piperidine rings is 1. The molecule has 0 radical (unpaired) electrons. The summed E-state index contributed by atoms with van der Waals surface area (Å²) in [6.45, 7) is 8.05. The van der Waals surface area contributed by atoms with E-state index in [1.807, 2.05) is 47.5 Å². The average molecular weight is 442 g/mol. The summed E-state index contributed by atoms with van der Waals surface area (Å²) >= 11 is 3.02. The predicted octanol–water partition coefficient (Wildman–Crippen LogP) is 4.78. The molecule has 3 aromatic rings. The Bertz CT molecular complexity index is 1080. The van der Waals surface area contributed by atoms with Crippen LogP contribution in [0.25, 0.3) is 21.3 Å². The van der Waals surface area contributed by atoms with Crippen LogP contribution in [-0.2, 0) is 10.5 Å². The summed E-state index contributed by atoms with van der Waals surface area (Å²) in [4.78, 5) is 36.0. The van der Waals surface area contributed by atoms with Crippen LogP contribution in [0, 0.1) is 11.8 Å². The highest BCUT2D eigenvalue weighted by atomic mass is 32.2. The van der Waals surface area contributed by atoms with Crippen LogP contribution in [0.5, 0.6) is 0 Å². The van der Waals surface area contributed by atoms with Crippen molar-refractivity contribution in [3.8, 4) is 11.1 Å². The van der Waals surface area contributed by atoms with E-state index < -0.39 is 0 Å². The molecule has 1 aliphatic heterocycles. The minimum Gasteiger partial charge on any atom is -0.341 e. The zero-order chi connectivity index (χ0) is 21.3. The Morgan fingerprint density at radius 1 is 1.27 bits per heavy atom. The van der Waals surface area contributed by atoms with E-state index in [4.69, 9.17) is 0 Å². The molecular weight excluding hydrogens is 414 g/mol. The van der Waals surface area contributed by atoms with Crippen molar-refractivity contribution in [2.24, 2.45) is 11.8 Å². The first-order valence-electron chi connectivity index (χ1n) is 10.4. The Morgan fingerprint density at radius 3 is 2.67 bits per heavy atom. The number of thioether (sulfide) groups is 1. The van der Waals surface area contributed by atoms with Crippen molar-refractivity contribution in [1.82, 2.24) is 14.9 Å². The van der Waals surface area contributed by atoms with Gasteiger partial charge in [-0.05, 0) is 30.7 Å². The predicted molar refractivity (Wildman–Crippen MR) is 126 cm³/mol. The molecule has 7 heteroatoms. The maximum atomic E-state index is 12.9. The maximum Gasteiger partial charge on any atom is 0.260 e. The average Bonchev–Trinajstić information content (AvgIpc) is 3.16. The first-order valence-corrected chi connectivity index (χ1v) is 12.3. The summed E-state index contributed by atoms with van der Waals surface area (Å²) in [5.74, 6) is 2.42. The van der Waals surface area contributed by atoms with Crippen molar-refractivity contribution in [3.05, 3.63) is 51.9 Å². The van der Waals surface area contributed by atoms with Gasteiger partial charge >= 0.3 is 0 Å². The molecule has 1 fully saturated rings. The van der Waals surface area contributed by atoms with Gasteiger partial charge in [0.15, 0.2) is 0 Å². The minimum absolute atomic E-state index is 0.117. The molecule has 1 amide bonds. The normalized spacial score (nSPS) is 20.4. The van der Waals surface area contributed by atoms with Gasteiger partial charge in [0, 0.05) is 24.0 Å². The highest BCUT2D eigenvalue weighted by molar-refractivity contribution is 7.99. The van der Waals surface area contributed by atoms with Gasteiger partial charge in [-0.2, -0.15) is 0 Å². The van der Waals surface area contributed by atoms with Gasteiger partial charge < -0.3 is 9.88 Å². The number of aromatic nitrogens is 2. The molecule has 4 rings (SSSR count). The lowest BCUT2D eigenvalue weighted by molar-refractivity contribution is -0.132. The second-order valence-corrected chi connectivity index (χ2v) is 10.5. The first kappa shape index (κ1) is 21.1. The maximum absolute atomic E-state index is 12.9. The van der Waals surface area contributed by atoms with Gasteiger partial charge in [-0.1, -0.05) is 44.2 Å². The Morgan fingerprint density at radius 2 is 1.97 bits per heavy atom. The number of benzene rings is 1. The standard InChI is InChI=1S/C23H27N3O2S2/c1-14-9-15(2)11-26(10-14)23(28)16(3)29-13-19-24-21(27)20-18(12-30-22(20)25-19)17-7-5-4-6-8-17/h4-8,12,14-16H,9-11,13H2,1-3H3,(H,24,25,27). The summed E-state index contributed by atoms with van der Waals surface area (Å²) in [6.07, 6.45) is 1.18. The Balaban J connectivity index is 1.47. The fourth-order valence-corrected chi connectivity index (χ4v) is 6.07. The Hall–Kier alpha value is -2.12. The van der Waals surface area contributed by atoms with Gasteiger partial charge in [0.2, 0.25) is 5.91 Å². The van der Waals surface area contributed by atoms with Gasteiger partial charge in [-0.15, -0.1) is 23.1 Å². The van der Waals surface area contributed by atoms with Gasteiger partial charge in [0.1, 0.15) is 10.7 Å². The van der Waals surface area contributed by atoms with Gasteiger partial charge in [-0.25, -0.2) is 4.98 Å². The number of carbonyl (C=O) groups is 1. The van der Waals surface area contributed by atoms with Crippen molar-refractivity contribution in [2.75, 3.05) is 13.1 Å². The Labute approximate surface area is 184 Å². The fraction of sp³-hybridized carbons (Fsp3) is 0.435. The monoisotopic (exact) mass is 441 g/mol. The molecule has 0 spiro atoms. The van der Waals surface area contributed by atoms with Crippen molar-refractivity contribution in [3.63, 3.8) is 0 Å². The van der Waals surface area contributed by atoms with Crippen LogP contribution in [0.15, 0.2) is 40.5 Å². The fourth-order valence-electron chi connectivity index (χ4n) is 4.27. The van der Waals surface area contributed by atoms with Crippen molar-refractivity contribution in [1.29, 1.82) is 0 Å². The number of hydrogen-bond acceptors (Lipinski definition) is 5. The number of thiophene rings is 1. The number of hydrogen-bond donors (Lipinski definition) is 1. The topological polar surface area (TPSA) is 66.1 Å². The molecule has 2 aromatic heterocycles. The molecule has 3 atom stereocenters. The van der Waals surface area contributed by atoms with Crippen LogP contribution in [0.3, 0.4) is 0 Å². The Kier molecular flexibility index (Phi) is 6.29. The third kappa shape index (κ3) is 4.47. The molecule has 0 saturated carbocycles. The molecule has 0 bridgehead atoms. The lowest BCUT2D eigenvalue weighted by atomic mass is 9.92. The van der Waals surface area contributed by atoms with Crippen LogP contribution in [0.2, 0.25) is 0 Å². The largest absolute Gasteiger partial charge is 0.341 e. The van der Waals surface area contributed by atoms with Crippen LogP contribution >= 0.6 is 23.1 Å². The van der Waals surface area contributed by atoms with Crippen LogP contribution in [-0.4, -0.2) is 39.1 Å². The van der Waals surface area contributed by atoms with E-state index in [0.29, 0.717) is 28.8 Å². The van der Waals surface area contributed by atoms with E-state index in [2.05, 4.69) is 23.8 Å². The lowest BCUT2D eigenvalue weighted by Gasteiger charge is -2.36. The number of H-pyrrole nitrogens is 1. The quantitative estimate of drug-likeness (QED) is 0.619. The van der Waals surface area contributed by atoms with Gasteiger partial charge in [0.05, 0.1) is 16.4 Å². The molecule has 30 heavy (non-hydrogen) atoms. The van der Waals surface area contributed by atoms with E-state index in [-0.39, 0.29) is 16.7 Å². The zero-order valence-corrected chi connectivity index (χ0v) is 19.2. The number of amides is 1. The highest BCUT2D eigenvalue weighted by Crippen LogP contribution is 2.31. The van der Waals surface area contributed by atoms with Crippen molar-refractivity contribution in [2.45, 2.75) is 38.2 Å². The molecule has 3 heterocycles. The SMILES string of the molecule is CC1CC(C)CN(C(=O)C(C)SCc2nc3scc(-c4ccccc4)c3c(=O)[nH]2)C1. The number of nitrogens with one attached hydrogen (secondary N) is 1. The molecular formula is C23H27N3O2S2. The summed E-state index contributed by atoms with van der Waals surface area (Å²) in [5, 5.41) is 2.47. The van der Waals surface area contributed by atoms with Crippen molar-refractivity contribution < 1.29 is 4.79 Å². The number of fused-ring (bicyclic) bond motifs is 1. The number of aromatic amines is 1. The lowest BCUT2D eigenvalue weighted by Crippen LogP contribution is -2.45. The van der Waals surface area contributed by atoms with Crippen LogP contribution in [0.4, 0.5) is 0 Å². The first-order chi connectivity index (χ1) is 14.4. The summed E-state index contributed by atoms with van der Waals surface area (Å²) in [5.41, 5.74) is 1.82. The molecule has 1 saturated heterocycles. The summed E-state index contributed by atoms with van der Waals surface area (Å²) in [6, 6.07) is 9.89. The second kappa shape index (κ2) is 8.94. The van der Waals surface area contributed by atoms with E-state index in [1.165, 1.54) is 29.5 Å².